The van der Waals surface area contributed by atoms with Crippen LogP contribution in [0.15, 0.2) is 54.6 Å². The third-order valence-corrected chi connectivity index (χ3v) is 3.62. The first-order valence-electron chi connectivity index (χ1n) is 6.98. The zero-order chi connectivity index (χ0) is 15.5. The Morgan fingerprint density at radius 1 is 1.05 bits per heavy atom. The fourth-order valence-corrected chi connectivity index (χ4v) is 2.43. The van der Waals surface area contributed by atoms with E-state index in [1.165, 1.54) is 12.1 Å². The van der Waals surface area contributed by atoms with Crippen LogP contribution in [0.5, 0.6) is 0 Å². The Kier molecular flexibility index (Phi) is 4.22. The van der Waals surface area contributed by atoms with Crippen molar-refractivity contribution < 1.29 is 4.39 Å². The maximum atomic E-state index is 13.1. The van der Waals surface area contributed by atoms with Crippen molar-refractivity contribution in [3.8, 4) is 16.9 Å². The molecule has 112 valence electrons. The molecular formula is C17H15ClFN3. The van der Waals surface area contributed by atoms with E-state index in [1.54, 1.807) is 16.8 Å². The predicted molar refractivity (Wildman–Crippen MR) is 86.7 cm³/mol. The molecule has 0 spiro atoms. The molecule has 0 unspecified atom stereocenters. The van der Waals surface area contributed by atoms with E-state index in [-0.39, 0.29) is 5.82 Å². The number of benzene rings is 2. The van der Waals surface area contributed by atoms with Crippen molar-refractivity contribution >= 4 is 11.6 Å². The smallest absolute Gasteiger partial charge is 0.123 e. The average Bonchev–Trinajstić information content (AvgIpc) is 2.93. The summed E-state index contributed by atoms with van der Waals surface area (Å²) in [5.74, 6) is -0.272. The molecule has 0 saturated carbocycles. The Morgan fingerprint density at radius 3 is 2.36 bits per heavy atom. The molecule has 0 aliphatic carbocycles. The summed E-state index contributed by atoms with van der Waals surface area (Å²) in [6, 6.07) is 15.8. The van der Waals surface area contributed by atoms with E-state index in [1.807, 2.05) is 30.3 Å². The number of aromatic nitrogens is 2. The first-order chi connectivity index (χ1) is 10.7. The fraction of sp³-hybridized carbons (Fsp3) is 0.118. The summed E-state index contributed by atoms with van der Waals surface area (Å²) in [4.78, 5) is 0. The largest absolute Gasteiger partial charge is 0.330 e. The summed E-state index contributed by atoms with van der Waals surface area (Å²) in [6.45, 7) is 0.528. The van der Waals surface area contributed by atoms with Crippen LogP contribution >= 0.6 is 11.6 Å². The van der Waals surface area contributed by atoms with Crippen molar-refractivity contribution in [3.05, 3.63) is 71.1 Å². The van der Waals surface area contributed by atoms with Gasteiger partial charge >= 0.3 is 0 Å². The van der Waals surface area contributed by atoms with E-state index in [2.05, 4.69) is 5.10 Å². The Morgan fingerprint density at radius 2 is 1.73 bits per heavy atom. The number of rotatable bonds is 4. The molecule has 0 atom stereocenters. The summed E-state index contributed by atoms with van der Waals surface area (Å²) < 4.78 is 14.9. The molecule has 0 aliphatic heterocycles. The second-order valence-corrected chi connectivity index (χ2v) is 5.39. The van der Waals surface area contributed by atoms with E-state index in [0.29, 0.717) is 18.0 Å². The Balaban J connectivity index is 2.11. The summed E-state index contributed by atoms with van der Waals surface area (Å²) in [6.07, 6.45) is 0.689. The van der Waals surface area contributed by atoms with Crippen molar-refractivity contribution in [1.29, 1.82) is 0 Å². The molecule has 0 aliphatic rings. The molecule has 3 aromatic rings. The van der Waals surface area contributed by atoms with Gasteiger partial charge in [-0.15, -0.1) is 0 Å². The van der Waals surface area contributed by atoms with Crippen molar-refractivity contribution in [2.24, 2.45) is 5.73 Å². The molecule has 0 radical (unpaired) electrons. The first-order valence-corrected chi connectivity index (χ1v) is 7.36. The van der Waals surface area contributed by atoms with Gasteiger partial charge in [0.2, 0.25) is 0 Å². The van der Waals surface area contributed by atoms with Gasteiger partial charge < -0.3 is 5.73 Å². The van der Waals surface area contributed by atoms with Crippen LogP contribution in [0.25, 0.3) is 16.9 Å². The molecule has 3 nitrogen and oxygen atoms in total. The fourth-order valence-electron chi connectivity index (χ4n) is 2.31. The van der Waals surface area contributed by atoms with Gasteiger partial charge in [-0.3, -0.25) is 0 Å². The number of halogens is 2. The third-order valence-electron chi connectivity index (χ3n) is 3.37. The highest BCUT2D eigenvalue weighted by atomic mass is 35.5. The van der Waals surface area contributed by atoms with Crippen LogP contribution in [0.1, 0.15) is 5.69 Å². The van der Waals surface area contributed by atoms with Crippen molar-refractivity contribution in [1.82, 2.24) is 9.78 Å². The van der Waals surface area contributed by atoms with E-state index >= 15 is 0 Å². The molecule has 5 heteroatoms. The number of hydrogen-bond acceptors (Lipinski definition) is 2. The number of nitrogens with two attached hydrogens (primary N) is 1. The molecule has 3 rings (SSSR count). The zero-order valence-corrected chi connectivity index (χ0v) is 12.6. The minimum Gasteiger partial charge on any atom is -0.330 e. The Hall–Kier alpha value is -2.17. The highest BCUT2D eigenvalue weighted by molar-refractivity contribution is 6.30. The zero-order valence-electron chi connectivity index (χ0n) is 11.8. The maximum absolute atomic E-state index is 13.1. The minimum absolute atomic E-state index is 0.272. The molecule has 0 fully saturated rings. The molecule has 0 amide bonds. The molecule has 22 heavy (non-hydrogen) atoms. The highest BCUT2D eigenvalue weighted by Gasteiger charge is 2.11. The first kappa shape index (κ1) is 14.8. The molecular weight excluding hydrogens is 301 g/mol. The molecule has 1 aromatic heterocycles. The van der Waals surface area contributed by atoms with E-state index < -0.39 is 0 Å². The topological polar surface area (TPSA) is 43.8 Å². The second-order valence-electron chi connectivity index (χ2n) is 4.95. The van der Waals surface area contributed by atoms with Crippen LogP contribution in [0.2, 0.25) is 5.02 Å². The van der Waals surface area contributed by atoms with Gasteiger partial charge in [-0.05, 0) is 49.0 Å². The second kappa shape index (κ2) is 6.30. The Labute approximate surface area is 133 Å². The molecule has 0 saturated heterocycles. The van der Waals surface area contributed by atoms with Gasteiger partial charge in [0.1, 0.15) is 5.82 Å². The summed E-state index contributed by atoms with van der Waals surface area (Å²) in [5, 5.41) is 5.26. The third kappa shape index (κ3) is 3.03. The van der Waals surface area contributed by atoms with Crippen molar-refractivity contribution in [2.75, 3.05) is 6.54 Å². The van der Waals surface area contributed by atoms with Gasteiger partial charge in [0.05, 0.1) is 17.1 Å². The van der Waals surface area contributed by atoms with Gasteiger partial charge in [0.15, 0.2) is 0 Å². The average molecular weight is 316 g/mol. The van der Waals surface area contributed by atoms with Crippen molar-refractivity contribution in [3.63, 3.8) is 0 Å². The van der Waals surface area contributed by atoms with Gasteiger partial charge in [-0.2, -0.15) is 5.10 Å². The van der Waals surface area contributed by atoms with Crippen LogP contribution in [0.3, 0.4) is 0 Å². The molecule has 2 aromatic carbocycles. The lowest BCUT2D eigenvalue weighted by Crippen LogP contribution is -2.04. The van der Waals surface area contributed by atoms with Crippen LogP contribution in [-0.2, 0) is 6.42 Å². The van der Waals surface area contributed by atoms with Crippen LogP contribution in [0.4, 0.5) is 4.39 Å². The number of hydrogen-bond donors (Lipinski definition) is 1. The lowest BCUT2D eigenvalue weighted by molar-refractivity contribution is 0.627. The van der Waals surface area contributed by atoms with E-state index in [0.717, 1.165) is 22.6 Å². The van der Waals surface area contributed by atoms with E-state index in [4.69, 9.17) is 17.3 Å². The highest BCUT2D eigenvalue weighted by Crippen LogP contribution is 2.25. The minimum atomic E-state index is -0.272. The summed E-state index contributed by atoms with van der Waals surface area (Å²) >= 11 is 5.95. The molecule has 0 bridgehead atoms. The SMILES string of the molecule is NCCc1cc(-c2ccc(Cl)cc2)n(-c2ccc(F)cc2)n1. The van der Waals surface area contributed by atoms with Gasteiger partial charge in [0.25, 0.3) is 0 Å². The maximum Gasteiger partial charge on any atom is 0.123 e. The van der Waals surface area contributed by atoms with Crippen LogP contribution in [0, 0.1) is 5.82 Å². The predicted octanol–water partition coefficient (Wildman–Crippen LogP) is 3.83. The van der Waals surface area contributed by atoms with Gasteiger partial charge in [0, 0.05) is 17.0 Å². The monoisotopic (exact) mass is 315 g/mol. The van der Waals surface area contributed by atoms with Gasteiger partial charge in [-0.1, -0.05) is 23.7 Å². The van der Waals surface area contributed by atoms with E-state index in [9.17, 15) is 4.39 Å². The standard InChI is InChI=1S/C17H15ClFN3/c18-13-3-1-12(2-4-13)17-11-15(9-10-20)21-22(17)16-7-5-14(19)6-8-16/h1-8,11H,9-10,20H2. The molecule has 1 heterocycles. The molecule has 2 N–H and O–H groups in total. The summed E-state index contributed by atoms with van der Waals surface area (Å²) in [7, 11) is 0. The van der Waals surface area contributed by atoms with Gasteiger partial charge in [-0.25, -0.2) is 9.07 Å². The normalized spacial score (nSPS) is 10.9. The van der Waals surface area contributed by atoms with Crippen LogP contribution in [-0.4, -0.2) is 16.3 Å². The quantitative estimate of drug-likeness (QED) is 0.795. The lowest BCUT2D eigenvalue weighted by atomic mass is 10.1. The van der Waals surface area contributed by atoms with Crippen molar-refractivity contribution in [2.45, 2.75) is 6.42 Å². The number of nitrogens with zero attached hydrogens (tertiary/aromatic N) is 2. The summed E-state index contributed by atoms with van der Waals surface area (Å²) in [5.41, 5.74) is 9.23. The Bertz CT molecular complexity index is 701. The van der Waals surface area contributed by atoms with Crippen LogP contribution < -0.4 is 5.73 Å². The lowest BCUT2D eigenvalue weighted by Gasteiger charge is -2.07.